The van der Waals surface area contributed by atoms with E-state index >= 15 is 0 Å². The van der Waals surface area contributed by atoms with Gasteiger partial charge in [0.05, 0.1) is 6.04 Å². The molecular weight excluding hydrogens is 346 g/mol. The van der Waals surface area contributed by atoms with Gasteiger partial charge in [0.2, 0.25) is 0 Å². The van der Waals surface area contributed by atoms with Crippen molar-refractivity contribution in [1.29, 1.82) is 0 Å². The molecule has 0 amide bonds. The number of fused-ring (bicyclic) bond motifs is 4. The van der Waals surface area contributed by atoms with Crippen LogP contribution in [-0.2, 0) is 0 Å². The molecule has 0 spiro atoms. The molecule has 2 N–H and O–H groups in total. The molecule has 4 aliphatic rings. The number of hydrogen-bond acceptors (Lipinski definition) is 4. The van der Waals surface area contributed by atoms with Crippen molar-refractivity contribution in [3.8, 4) is 5.75 Å². The Balaban J connectivity index is 1.44. The first kappa shape index (κ1) is 17.6. The van der Waals surface area contributed by atoms with E-state index < -0.39 is 0 Å². The number of phenolic OH excluding ortho intramolecular Hbond substituents is 1. The Morgan fingerprint density at radius 2 is 1.93 bits per heavy atom. The summed E-state index contributed by atoms with van der Waals surface area (Å²) >= 11 is 0. The second-order valence-corrected chi connectivity index (χ2v) is 8.44. The summed E-state index contributed by atoms with van der Waals surface area (Å²) in [5, 5.41) is 13.7. The summed E-state index contributed by atoms with van der Waals surface area (Å²) in [6.45, 7) is 9.11. The van der Waals surface area contributed by atoms with Gasteiger partial charge in [0.15, 0.2) is 0 Å². The Morgan fingerprint density at radius 3 is 2.75 bits per heavy atom. The highest BCUT2D eigenvalue weighted by Gasteiger charge is 2.36. The summed E-state index contributed by atoms with van der Waals surface area (Å²) in [6, 6.07) is 5.84. The zero-order valence-corrected chi connectivity index (χ0v) is 16.8. The molecule has 0 bridgehead atoms. The van der Waals surface area contributed by atoms with Crippen molar-refractivity contribution < 1.29 is 5.11 Å². The van der Waals surface area contributed by atoms with Gasteiger partial charge in [-0.05, 0) is 86.3 Å². The van der Waals surface area contributed by atoms with E-state index in [-0.39, 0.29) is 6.04 Å². The number of benzene rings is 1. The highest BCUT2D eigenvalue weighted by molar-refractivity contribution is 5.95. The van der Waals surface area contributed by atoms with E-state index in [0.717, 1.165) is 24.3 Å². The van der Waals surface area contributed by atoms with Crippen molar-refractivity contribution in [3.05, 3.63) is 64.5 Å². The third-order valence-corrected chi connectivity index (χ3v) is 6.69. The average molecular weight is 376 g/mol. The van der Waals surface area contributed by atoms with Gasteiger partial charge in [-0.25, -0.2) is 0 Å². The molecule has 1 saturated heterocycles. The molecule has 1 aromatic rings. The summed E-state index contributed by atoms with van der Waals surface area (Å²) < 4.78 is 0. The molecule has 146 valence electrons. The van der Waals surface area contributed by atoms with E-state index in [1.165, 1.54) is 60.2 Å². The maximum absolute atomic E-state index is 10.0. The fourth-order valence-corrected chi connectivity index (χ4v) is 5.07. The quantitative estimate of drug-likeness (QED) is 0.764. The minimum Gasteiger partial charge on any atom is -0.508 e. The van der Waals surface area contributed by atoms with Crippen LogP contribution in [0, 0.1) is 0 Å². The molecular formula is C24H29N3O. The minimum atomic E-state index is 0.202. The predicted molar refractivity (Wildman–Crippen MR) is 115 cm³/mol. The summed E-state index contributed by atoms with van der Waals surface area (Å²) in [6.07, 6.45) is 10.9. The smallest absolute Gasteiger partial charge is 0.116 e. The lowest BCUT2D eigenvalue weighted by Crippen LogP contribution is -2.35. The standard InChI is InChI=1S/C24H29N3O/c1-16-21-15-27(13-12-26-9-4-3-5-10-26)11-8-19(21)17(2)24-23(16)20-14-18(28)6-7-22(20)25-24/h6-8,11,14-15,24-25,28H,3-5,9-10,12-13H2,1-2H3. The van der Waals surface area contributed by atoms with Crippen molar-refractivity contribution in [3.63, 3.8) is 0 Å². The number of nitrogens with zero attached hydrogens (tertiary/aromatic N) is 2. The number of nitrogens with one attached hydrogen (secondary N) is 1. The molecule has 1 atom stereocenters. The van der Waals surface area contributed by atoms with Gasteiger partial charge in [-0.2, -0.15) is 0 Å². The zero-order chi connectivity index (χ0) is 19.3. The van der Waals surface area contributed by atoms with Crippen LogP contribution in [0.1, 0.15) is 38.7 Å². The third kappa shape index (κ3) is 2.87. The van der Waals surface area contributed by atoms with Crippen LogP contribution < -0.4 is 5.32 Å². The van der Waals surface area contributed by atoms with Crippen molar-refractivity contribution in [2.45, 2.75) is 39.2 Å². The van der Waals surface area contributed by atoms with Crippen molar-refractivity contribution in [2.75, 3.05) is 31.5 Å². The molecule has 0 radical (unpaired) electrons. The highest BCUT2D eigenvalue weighted by atomic mass is 16.3. The Bertz CT molecular complexity index is 931. The lowest BCUT2D eigenvalue weighted by molar-refractivity contribution is 0.216. The van der Waals surface area contributed by atoms with Crippen LogP contribution in [0.2, 0.25) is 0 Å². The minimum absolute atomic E-state index is 0.202. The molecule has 4 heteroatoms. The molecule has 1 aromatic carbocycles. The number of anilines is 1. The Kier molecular flexibility index (Phi) is 4.31. The van der Waals surface area contributed by atoms with Crippen LogP contribution >= 0.6 is 0 Å². The van der Waals surface area contributed by atoms with E-state index in [9.17, 15) is 5.11 Å². The van der Waals surface area contributed by atoms with E-state index in [1.54, 1.807) is 6.07 Å². The van der Waals surface area contributed by atoms with Gasteiger partial charge in [0.1, 0.15) is 5.75 Å². The van der Waals surface area contributed by atoms with E-state index in [2.05, 4.69) is 47.4 Å². The van der Waals surface area contributed by atoms with E-state index in [0.29, 0.717) is 5.75 Å². The second kappa shape index (κ2) is 6.85. The first-order valence-corrected chi connectivity index (χ1v) is 10.5. The van der Waals surface area contributed by atoms with Gasteiger partial charge < -0.3 is 20.2 Å². The number of piperidine rings is 1. The van der Waals surface area contributed by atoms with Crippen LogP contribution in [0.25, 0.3) is 5.57 Å². The van der Waals surface area contributed by atoms with Crippen molar-refractivity contribution >= 4 is 11.3 Å². The molecule has 3 heterocycles. The fraction of sp³-hybridized carbons (Fsp3) is 0.417. The predicted octanol–water partition coefficient (Wildman–Crippen LogP) is 4.49. The summed E-state index contributed by atoms with van der Waals surface area (Å²) in [5.41, 5.74) is 8.89. The Labute approximate surface area is 167 Å². The number of rotatable bonds is 3. The summed E-state index contributed by atoms with van der Waals surface area (Å²) in [7, 11) is 0. The number of hydrogen-bond donors (Lipinski definition) is 2. The van der Waals surface area contributed by atoms with Gasteiger partial charge in [0.25, 0.3) is 0 Å². The maximum atomic E-state index is 10.0. The maximum Gasteiger partial charge on any atom is 0.116 e. The monoisotopic (exact) mass is 375 g/mol. The van der Waals surface area contributed by atoms with Crippen LogP contribution in [0.15, 0.2) is 59.0 Å². The molecule has 1 fully saturated rings. The van der Waals surface area contributed by atoms with Gasteiger partial charge in [-0.15, -0.1) is 0 Å². The SMILES string of the molecule is CC1=C2c3cc(O)ccc3NC2C(C)=C2C=CN(CCN3CCCCC3)C=C12. The lowest BCUT2D eigenvalue weighted by atomic mass is 9.79. The van der Waals surface area contributed by atoms with Crippen molar-refractivity contribution in [2.24, 2.45) is 0 Å². The van der Waals surface area contributed by atoms with Crippen LogP contribution in [0.5, 0.6) is 5.75 Å². The van der Waals surface area contributed by atoms with E-state index in [4.69, 9.17) is 0 Å². The second-order valence-electron chi connectivity index (χ2n) is 8.44. The topological polar surface area (TPSA) is 38.7 Å². The average Bonchev–Trinajstić information content (AvgIpc) is 3.10. The number of allylic oxidation sites excluding steroid dienone is 4. The largest absolute Gasteiger partial charge is 0.508 e. The molecule has 5 rings (SSSR count). The lowest BCUT2D eigenvalue weighted by Gasteiger charge is -2.33. The highest BCUT2D eigenvalue weighted by Crippen LogP contribution is 2.48. The number of likely N-dealkylation sites (tertiary alicyclic amines) is 1. The summed E-state index contributed by atoms with van der Waals surface area (Å²) in [5.74, 6) is 0.328. The van der Waals surface area contributed by atoms with Gasteiger partial charge in [0, 0.05) is 42.3 Å². The van der Waals surface area contributed by atoms with Gasteiger partial charge in [-0.3, -0.25) is 0 Å². The molecule has 1 aliphatic carbocycles. The number of aromatic hydroxyl groups is 1. The van der Waals surface area contributed by atoms with Crippen molar-refractivity contribution in [1.82, 2.24) is 9.80 Å². The van der Waals surface area contributed by atoms with Crippen LogP contribution in [0.3, 0.4) is 0 Å². The Hall–Kier alpha value is -2.46. The molecule has 3 aliphatic heterocycles. The van der Waals surface area contributed by atoms with Gasteiger partial charge in [-0.1, -0.05) is 6.42 Å². The van der Waals surface area contributed by atoms with E-state index in [1.807, 2.05) is 12.1 Å². The molecule has 28 heavy (non-hydrogen) atoms. The molecule has 0 saturated carbocycles. The first-order valence-electron chi connectivity index (χ1n) is 10.5. The van der Waals surface area contributed by atoms with Crippen LogP contribution in [0.4, 0.5) is 5.69 Å². The van der Waals surface area contributed by atoms with Crippen LogP contribution in [-0.4, -0.2) is 47.1 Å². The Morgan fingerprint density at radius 1 is 1.11 bits per heavy atom. The summed E-state index contributed by atoms with van der Waals surface area (Å²) in [4.78, 5) is 4.94. The fourth-order valence-electron chi connectivity index (χ4n) is 5.07. The first-order chi connectivity index (χ1) is 13.6. The molecule has 4 nitrogen and oxygen atoms in total. The zero-order valence-electron chi connectivity index (χ0n) is 16.8. The normalized spacial score (nSPS) is 24.0. The molecule has 0 aromatic heterocycles. The third-order valence-electron chi connectivity index (χ3n) is 6.69. The molecule has 1 unspecified atom stereocenters. The number of phenols is 1. The van der Waals surface area contributed by atoms with Gasteiger partial charge >= 0.3 is 0 Å².